The van der Waals surface area contributed by atoms with E-state index in [1.165, 1.54) is 19.2 Å². The van der Waals surface area contributed by atoms with Crippen molar-refractivity contribution in [2.45, 2.75) is 12.8 Å². The number of carbonyl (C=O) groups is 1. The van der Waals surface area contributed by atoms with Crippen LogP contribution in [-0.4, -0.2) is 32.9 Å². The molecular weight excluding hydrogens is 258 g/mol. The molecule has 100 valence electrons. The number of nitrogens with one attached hydrogen (secondary N) is 1. The summed E-state index contributed by atoms with van der Waals surface area (Å²) in [5.74, 6) is -1.36. The maximum atomic E-state index is 11.1. The Balaban J connectivity index is 3.15. The SMILES string of the molecule is COc1cc(C(C)C(=O)O)ccc1NS(C)(=O)=O. The van der Waals surface area contributed by atoms with Crippen LogP contribution >= 0.6 is 0 Å². The Morgan fingerprint density at radius 1 is 1.44 bits per heavy atom. The number of ether oxygens (including phenoxy) is 1. The Morgan fingerprint density at radius 2 is 2.06 bits per heavy atom. The van der Waals surface area contributed by atoms with Crippen molar-refractivity contribution in [1.82, 2.24) is 0 Å². The van der Waals surface area contributed by atoms with Crippen molar-refractivity contribution in [3.63, 3.8) is 0 Å². The van der Waals surface area contributed by atoms with Crippen LogP contribution in [0.15, 0.2) is 18.2 Å². The predicted octanol–water partition coefficient (Wildman–Crippen LogP) is 1.25. The average molecular weight is 273 g/mol. The second-order valence-corrected chi connectivity index (χ2v) is 5.64. The molecule has 0 spiro atoms. The van der Waals surface area contributed by atoms with Gasteiger partial charge in [0.1, 0.15) is 5.75 Å². The fourth-order valence-corrected chi connectivity index (χ4v) is 1.97. The Kier molecular flexibility index (Phi) is 4.18. The van der Waals surface area contributed by atoms with Gasteiger partial charge in [-0.1, -0.05) is 6.07 Å². The first-order valence-electron chi connectivity index (χ1n) is 5.13. The Morgan fingerprint density at radius 3 is 2.50 bits per heavy atom. The molecule has 6 nitrogen and oxygen atoms in total. The van der Waals surface area contributed by atoms with Crippen LogP contribution in [-0.2, 0) is 14.8 Å². The van der Waals surface area contributed by atoms with Crippen LogP contribution in [0.1, 0.15) is 18.4 Å². The van der Waals surface area contributed by atoms with Crippen molar-refractivity contribution >= 4 is 21.7 Å². The summed E-state index contributed by atoms with van der Waals surface area (Å²) < 4.78 is 29.6. The minimum Gasteiger partial charge on any atom is -0.495 e. The third kappa shape index (κ3) is 3.63. The molecule has 1 aromatic rings. The molecule has 18 heavy (non-hydrogen) atoms. The first-order chi connectivity index (χ1) is 8.24. The molecule has 0 saturated heterocycles. The second kappa shape index (κ2) is 5.26. The van der Waals surface area contributed by atoms with Gasteiger partial charge in [0, 0.05) is 0 Å². The smallest absolute Gasteiger partial charge is 0.310 e. The average Bonchev–Trinajstić information content (AvgIpc) is 2.26. The maximum absolute atomic E-state index is 11.1. The number of aliphatic carboxylic acids is 1. The predicted molar refractivity (Wildman–Crippen MR) is 67.5 cm³/mol. The van der Waals surface area contributed by atoms with E-state index < -0.39 is 21.9 Å². The van der Waals surface area contributed by atoms with Gasteiger partial charge in [0.15, 0.2) is 0 Å². The summed E-state index contributed by atoms with van der Waals surface area (Å²) in [7, 11) is -2.02. The number of sulfonamides is 1. The highest BCUT2D eigenvalue weighted by molar-refractivity contribution is 7.92. The van der Waals surface area contributed by atoms with Crippen LogP contribution in [0.4, 0.5) is 5.69 Å². The van der Waals surface area contributed by atoms with Crippen molar-refractivity contribution in [2.75, 3.05) is 18.1 Å². The number of hydrogen-bond acceptors (Lipinski definition) is 4. The molecule has 1 atom stereocenters. The van der Waals surface area contributed by atoms with Crippen LogP contribution in [0.2, 0.25) is 0 Å². The lowest BCUT2D eigenvalue weighted by Gasteiger charge is -2.13. The minimum absolute atomic E-state index is 0.279. The van der Waals surface area contributed by atoms with Crippen molar-refractivity contribution in [3.05, 3.63) is 23.8 Å². The molecule has 0 saturated carbocycles. The lowest BCUT2D eigenvalue weighted by molar-refractivity contribution is -0.138. The molecule has 0 aliphatic carbocycles. The molecule has 1 unspecified atom stereocenters. The summed E-state index contributed by atoms with van der Waals surface area (Å²) in [6.45, 7) is 1.54. The van der Waals surface area contributed by atoms with Gasteiger partial charge in [-0.3, -0.25) is 9.52 Å². The Labute approximate surface area is 106 Å². The lowest BCUT2D eigenvalue weighted by Crippen LogP contribution is -2.12. The van der Waals surface area contributed by atoms with E-state index in [4.69, 9.17) is 9.84 Å². The van der Waals surface area contributed by atoms with E-state index in [1.807, 2.05) is 0 Å². The summed E-state index contributed by atoms with van der Waals surface area (Å²) in [4.78, 5) is 10.9. The normalized spacial score (nSPS) is 12.8. The number of rotatable bonds is 5. The van der Waals surface area contributed by atoms with Gasteiger partial charge in [0.05, 0.1) is 25.0 Å². The molecule has 0 amide bonds. The van der Waals surface area contributed by atoms with Crippen LogP contribution in [0.25, 0.3) is 0 Å². The molecule has 0 aromatic heterocycles. The van der Waals surface area contributed by atoms with Gasteiger partial charge in [0.2, 0.25) is 10.0 Å². The first kappa shape index (κ1) is 14.3. The summed E-state index contributed by atoms with van der Waals surface area (Å²) in [6, 6.07) is 4.54. The second-order valence-electron chi connectivity index (χ2n) is 3.89. The zero-order valence-corrected chi connectivity index (χ0v) is 11.1. The molecule has 7 heteroatoms. The zero-order chi connectivity index (χ0) is 13.9. The number of hydrogen-bond donors (Lipinski definition) is 2. The van der Waals surface area contributed by atoms with Crippen molar-refractivity contribution in [1.29, 1.82) is 0 Å². The molecule has 0 radical (unpaired) electrons. The van der Waals surface area contributed by atoms with Crippen LogP contribution in [0.3, 0.4) is 0 Å². The van der Waals surface area contributed by atoms with Gasteiger partial charge in [0.25, 0.3) is 0 Å². The fourth-order valence-electron chi connectivity index (χ4n) is 1.40. The summed E-state index contributed by atoms with van der Waals surface area (Å²) in [6.07, 6.45) is 1.03. The highest BCUT2D eigenvalue weighted by Gasteiger charge is 2.16. The Hall–Kier alpha value is -1.76. The standard InChI is InChI=1S/C11H15NO5S/c1-7(11(13)14)8-4-5-9(10(6-8)17-2)12-18(3,15)16/h4-7,12H,1-3H3,(H,13,14). The number of methoxy groups -OCH3 is 1. The van der Waals surface area contributed by atoms with E-state index in [0.29, 0.717) is 5.56 Å². The summed E-state index contributed by atoms with van der Waals surface area (Å²) >= 11 is 0. The molecule has 0 aliphatic heterocycles. The quantitative estimate of drug-likeness (QED) is 0.842. The molecule has 1 rings (SSSR count). The molecule has 0 heterocycles. The molecule has 1 aromatic carbocycles. The summed E-state index contributed by atoms with van der Waals surface area (Å²) in [5.41, 5.74) is 0.819. The monoisotopic (exact) mass is 273 g/mol. The minimum atomic E-state index is -3.41. The van der Waals surface area contributed by atoms with Gasteiger partial charge in [-0.25, -0.2) is 8.42 Å². The number of carboxylic acid groups (broad SMARTS) is 1. The number of anilines is 1. The summed E-state index contributed by atoms with van der Waals surface area (Å²) in [5, 5.41) is 8.90. The van der Waals surface area contributed by atoms with Crippen molar-refractivity contribution in [3.8, 4) is 5.75 Å². The third-order valence-electron chi connectivity index (χ3n) is 2.39. The van der Waals surface area contributed by atoms with Gasteiger partial charge < -0.3 is 9.84 Å². The number of benzene rings is 1. The Bertz CT molecular complexity index is 553. The van der Waals surface area contributed by atoms with E-state index in [9.17, 15) is 13.2 Å². The maximum Gasteiger partial charge on any atom is 0.310 e. The van der Waals surface area contributed by atoms with E-state index in [2.05, 4.69) is 4.72 Å². The molecule has 0 fully saturated rings. The molecule has 2 N–H and O–H groups in total. The van der Waals surface area contributed by atoms with Gasteiger partial charge >= 0.3 is 5.97 Å². The highest BCUT2D eigenvalue weighted by Crippen LogP contribution is 2.29. The van der Waals surface area contributed by atoms with Gasteiger partial charge in [-0.15, -0.1) is 0 Å². The fraction of sp³-hybridized carbons (Fsp3) is 0.364. The highest BCUT2D eigenvalue weighted by atomic mass is 32.2. The van der Waals surface area contributed by atoms with Crippen LogP contribution in [0.5, 0.6) is 5.75 Å². The first-order valence-corrected chi connectivity index (χ1v) is 7.02. The van der Waals surface area contributed by atoms with E-state index >= 15 is 0 Å². The molecular formula is C11H15NO5S. The lowest BCUT2D eigenvalue weighted by atomic mass is 10.0. The number of carboxylic acids is 1. The largest absolute Gasteiger partial charge is 0.495 e. The topological polar surface area (TPSA) is 92.7 Å². The van der Waals surface area contributed by atoms with Gasteiger partial charge in [-0.05, 0) is 24.6 Å². The molecule has 0 aliphatic rings. The van der Waals surface area contributed by atoms with E-state index in [1.54, 1.807) is 13.0 Å². The van der Waals surface area contributed by atoms with E-state index in [0.717, 1.165) is 6.26 Å². The molecule has 0 bridgehead atoms. The van der Waals surface area contributed by atoms with Gasteiger partial charge in [-0.2, -0.15) is 0 Å². The van der Waals surface area contributed by atoms with Crippen molar-refractivity contribution in [2.24, 2.45) is 0 Å². The van der Waals surface area contributed by atoms with E-state index in [-0.39, 0.29) is 11.4 Å². The van der Waals surface area contributed by atoms with Crippen LogP contribution in [0, 0.1) is 0 Å². The van der Waals surface area contributed by atoms with Crippen molar-refractivity contribution < 1.29 is 23.1 Å². The third-order valence-corrected chi connectivity index (χ3v) is 2.98. The zero-order valence-electron chi connectivity index (χ0n) is 10.3. The van der Waals surface area contributed by atoms with Crippen LogP contribution < -0.4 is 9.46 Å².